The summed E-state index contributed by atoms with van der Waals surface area (Å²) in [7, 11) is 0. The van der Waals surface area contributed by atoms with Gasteiger partial charge in [0.25, 0.3) is 5.56 Å². The quantitative estimate of drug-likeness (QED) is 0.421. The van der Waals surface area contributed by atoms with Crippen molar-refractivity contribution in [2.75, 3.05) is 6.61 Å². The summed E-state index contributed by atoms with van der Waals surface area (Å²) in [6.07, 6.45) is -2.65. The minimum Gasteiger partial charge on any atom is -0.459 e. The van der Waals surface area contributed by atoms with Crippen molar-refractivity contribution >= 4 is 24.2 Å². The molecule has 0 bridgehead atoms. The zero-order valence-corrected chi connectivity index (χ0v) is 18.9. The van der Waals surface area contributed by atoms with Crippen molar-refractivity contribution in [1.29, 1.82) is 0 Å². The first kappa shape index (κ1) is 23.5. The standard InChI is InChI=1S/C24H21FN2O6S/c1-24(25)19(33-21(30)16-10-6-3-7-11-16)17(14-31-20(29)15-8-4-2-5-9-15)32-22(24)27-13-12-18(28)26-23(27)34/h2-13,17,19,22H,14H2,1H3,(H,26,28,34)/t17-,19?,22-,24-/m1/s1. The number of aromatic amines is 1. The molecule has 0 spiro atoms. The number of esters is 2. The third-order valence-electron chi connectivity index (χ3n) is 5.42. The van der Waals surface area contributed by atoms with Gasteiger partial charge in [-0.15, -0.1) is 0 Å². The number of halogens is 1. The van der Waals surface area contributed by atoms with Gasteiger partial charge in [0.05, 0.1) is 11.1 Å². The number of carbonyl (C=O) groups excluding carboxylic acids is 2. The van der Waals surface area contributed by atoms with E-state index in [1.165, 1.54) is 35.9 Å². The normalized spacial score (nSPS) is 23.9. The van der Waals surface area contributed by atoms with E-state index in [9.17, 15) is 14.4 Å². The van der Waals surface area contributed by atoms with Crippen molar-refractivity contribution in [3.05, 3.63) is 99.2 Å². The van der Waals surface area contributed by atoms with Gasteiger partial charge in [0.15, 0.2) is 22.8 Å². The lowest BCUT2D eigenvalue weighted by Gasteiger charge is -2.28. The van der Waals surface area contributed by atoms with E-state index in [4.69, 9.17) is 26.4 Å². The lowest BCUT2D eigenvalue weighted by atomic mass is 9.98. The summed E-state index contributed by atoms with van der Waals surface area (Å²) in [6, 6.07) is 17.5. The predicted octanol–water partition coefficient (Wildman–Crippen LogP) is 3.61. The molecule has 0 amide bonds. The van der Waals surface area contributed by atoms with Crippen molar-refractivity contribution in [2.45, 2.75) is 31.0 Å². The van der Waals surface area contributed by atoms with Crippen LogP contribution >= 0.6 is 12.2 Å². The van der Waals surface area contributed by atoms with Crippen LogP contribution in [0.2, 0.25) is 0 Å². The molecular weight excluding hydrogens is 463 g/mol. The number of nitrogens with zero attached hydrogens (tertiary/aromatic N) is 1. The highest BCUT2D eigenvalue weighted by atomic mass is 32.1. The van der Waals surface area contributed by atoms with Gasteiger partial charge in [0, 0.05) is 12.3 Å². The molecular formula is C24H21FN2O6S. The number of carbonyl (C=O) groups is 2. The second-order valence-corrected chi connectivity index (χ2v) is 8.24. The molecule has 1 saturated heterocycles. The third kappa shape index (κ3) is 4.82. The van der Waals surface area contributed by atoms with E-state index in [0.29, 0.717) is 5.56 Å². The fraction of sp³-hybridized carbons (Fsp3) is 0.250. The molecule has 0 aliphatic carbocycles. The highest BCUT2D eigenvalue weighted by molar-refractivity contribution is 7.71. The van der Waals surface area contributed by atoms with E-state index in [0.717, 1.165) is 0 Å². The van der Waals surface area contributed by atoms with Crippen molar-refractivity contribution in [3.8, 4) is 0 Å². The summed E-state index contributed by atoms with van der Waals surface area (Å²) in [5.74, 6) is -1.40. The van der Waals surface area contributed by atoms with E-state index in [1.54, 1.807) is 48.5 Å². The van der Waals surface area contributed by atoms with Crippen LogP contribution in [0.3, 0.4) is 0 Å². The first-order valence-electron chi connectivity index (χ1n) is 10.4. The summed E-state index contributed by atoms with van der Waals surface area (Å²) in [5, 5.41) is 0. The molecule has 1 N–H and O–H groups in total. The Labute approximate surface area is 198 Å². The van der Waals surface area contributed by atoms with Crippen LogP contribution in [0.5, 0.6) is 0 Å². The van der Waals surface area contributed by atoms with Gasteiger partial charge in [0.1, 0.15) is 12.7 Å². The number of nitrogens with one attached hydrogen (secondary N) is 1. The van der Waals surface area contributed by atoms with Gasteiger partial charge in [-0.2, -0.15) is 0 Å². The van der Waals surface area contributed by atoms with Gasteiger partial charge in [-0.1, -0.05) is 36.4 Å². The number of rotatable bonds is 6. The van der Waals surface area contributed by atoms with Gasteiger partial charge in [-0.05, 0) is 43.4 Å². The van der Waals surface area contributed by atoms with Crippen LogP contribution in [0.25, 0.3) is 0 Å². The Kier molecular flexibility index (Phi) is 6.71. The fourth-order valence-corrected chi connectivity index (χ4v) is 3.97. The molecule has 1 fully saturated rings. The Bertz CT molecular complexity index is 1290. The van der Waals surface area contributed by atoms with Crippen LogP contribution in [0.15, 0.2) is 77.7 Å². The second-order valence-electron chi connectivity index (χ2n) is 7.85. The van der Waals surface area contributed by atoms with E-state index in [2.05, 4.69) is 4.98 Å². The molecule has 10 heteroatoms. The highest BCUT2D eigenvalue weighted by Gasteiger charge is 2.58. The molecule has 2 heterocycles. The van der Waals surface area contributed by atoms with Crippen LogP contribution in [0.4, 0.5) is 4.39 Å². The van der Waals surface area contributed by atoms with Crippen LogP contribution in [-0.4, -0.2) is 46.0 Å². The van der Waals surface area contributed by atoms with Crippen molar-refractivity contribution in [1.82, 2.24) is 9.55 Å². The van der Waals surface area contributed by atoms with E-state index >= 15 is 4.39 Å². The fourth-order valence-electron chi connectivity index (χ4n) is 3.71. The summed E-state index contributed by atoms with van der Waals surface area (Å²) < 4.78 is 34.1. The monoisotopic (exact) mass is 484 g/mol. The third-order valence-corrected chi connectivity index (χ3v) is 5.73. The minimum atomic E-state index is -2.29. The van der Waals surface area contributed by atoms with Gasteiger partial charge >= 0.3 is 11.9 Å². The smallest absolute Gasteiger partial charge is 0.338 e. The number of alkyl halides is 1. The molecule has 1 aliphatic heterocycles. The molecule has 2 aromatic carbocycles. The summed E-state index contributed by atoms with van der Waals surface area (Å²) in [4.78, 5) is 39.1. The Morgan fingerprint density at radius 2 is 1.65 bits per heavy atom. The maximum atomic E-state index is 16.2. The Morgan fingerprint density at radius 3 is 2.24 bits per heavy atom. The molecule has 3 aromatic rings. The molecule has 1 aromatic heterocycles. The van der Waals surface area contributed by atoms with Gasteiger partial charge in [0.2, 0.25) is 0 Å². The highest BCUT2D eigenvalue weighted by Crippen LogP contribution is 2.43. The Morgan fingerprint density at radius 1 is 1.06 bits per heavy atom. The lowest BCUT2D eigenvalue weighted by molar-refractivity contribution is -0.0640. The first-order valence-corrected chi connectivity index (χ1v) is 10.8. The molecule has 0 saturated carbocycles. The SMILES string of the molecule is C[C@@]1(F)C(OC(=O)c2ccccc2)[C@@H](COC(=O)c2ccccc2)O[C@H]1n1ccc(=O)[nH]c1=S. The maximum Gasteiger partial charge on any atom is 0.338 e. The van der Waals surface area contributed by atoms with Crippen molar-refractivity contribution < 1.29 is 28.2 Å². The Balaban J connectivity index is 1.62. The zero-order chi connectivity index (χ0) is 24.3. The molecule has 0 radical (unpaired) electrons. The summed E-state index contributed by atoms with van der Waals surface area (Å²) in [6.45, 7) is 0.819. The average molecular weight is 485 g/mol. The number of benzene rings is 2. The molecule has 34 heavy (non-hydrogen) atoms. The molecule has 4 rings (SSSR count). The summed E-state index contributed by atoms with van der Waals surface area (Å²) >= 11 is 5.16. The van der Waals surface area contributed by atoms with Crippen LogP contribution < -0.4 is 5.56 Å². The van der Waals surface area contributed by atoms with E-state index in [-0.39, 0.29) is 16.9 Å². The average Bonchev–Trinajstić information content (AvgIpc) is 3.08. The number of H-pyrrole nitrogens is 1. The summed E-state index contributed by atoms with van der Waals surface area (Å²) in [5.41, 5.74) is -2.21. The van der Waals surface area contributed by atoms with Gasteiger partial charge in [-0.25, -0.2) is 14.0 Å². The van der Waals surface area contributed by atoms with E-state index < -0.39 is 41.6 Å². The molecule has 4 atom stereocenters. The van der Waals surface area contributed by atoms with Crippen LogP contribution in [0.1, 0.15) is 33.9 Å². The maximum absolute atomic E-state index is 16.2. The lowest BCUT2D eigenvalue weighted by Crippen LogP contribution is -2.44. The zero-order valence-electron chi connectivity index (χ0n) is 18.1. The molecule has 1 unspecified atom stereocenters. The number of ether oxygens (including phenoxy) is 3. The molecule has 8 nitrogen and oxygen atoms in total. The van der Waals surface area contributed by atoms with Gasteiger partial charge in [-0.3, -0.25) is 14.3 Å². The molecule has 1 aliphatic rings. The number of hydrogen-bond acceptors (Lipinski definition) is 7. The molecule has 176 valence electrons. The Hall–Kier alpha value is -3.63. The second kappa shape index (κ2) is 9.70. The topological polar surface area (TPSA) is 99.6 Å². The number of aromatic nitrogens is 2. The minimum absolute atomic E-state index is 0.0727. The first-order chi connectivity index (χ1) is 16.3. The van der Waals surface area contributed by atoms with Gasteiger partial charge < -0.3 is 14.2 Å². The predicted molar refractivity (Wildman–Crippen MR) is 122 cm³/mol. The van der Waals surface area contributed by atoms with Crippen molar-refractivity contribution in [3.63, 3.8) is 0 Å². The van der Waals surface area contributed by atoms with Crippen LogP contribution in [-0.2, 0) is 14.2 Å². The van der Waals surface area contributed by atoms with Crippen LogP contribution in [0, 0.1) is 4.77 Å². The van der Waals surface area contributed by atoms with Crippen molar-refractivity contribution in [2.24, 2.45) is 0 Å². The largest absolute Gasteiger partial charge is 0.459 e. The van der Waals surface area contributed by atoms with E-state index in [1.807, 2.05) is 0 Å². The number of hydrogen-bond donors (Lipinski definition) is 1.